The summed E-state index contributed by atoms with van der Waals surface area (Å²) in [6, 6.07) is 4.11. The van der Waals surface area contributed by atoms with Gasteiger partial charge in [-0.2, -0.15) is 0 Å². The van der Waals surface area contributed by atoms with E-state index in [4.69, 9.17) is 9.84 Å². The van der Waals surface area contributed by atoms with Crippen LogP contribution in [0.25, 0.3) is 0 Å². The lowest BCUT2D eigenvalue weighted by atomic mass is 10.1. The van der Waals surface area contributed by atoms with E-state index in [0.717, 1.165) is 0 Å². The lowest BCUT2D eigenvalue weighted by Crippen LogP contribution is -2.46. The molecule has 1 rings (SSSR count). The molecule has 3 N–H and O–H groups in total. The minimum atomic E-state index is -3.83. The Morgan fingerprint density at radius 1 is 1.38 bits per heavy atom. The van der Waals surface area contributed by atoms with Crippen molar-refractivity contribution in [2.45, 2.75) is 31.2 Å². The summed E-state index contributed by atoms with van der Waals surface area (Å²) in [5, 5.41) is 11.7. The number of benzene rings is 1. The van der Waals surface area contributed by atoms with Gasteiger partial charge in [-0.1, -0.05) is 0 Å². The van der Waals surface area contributed by atoms with Crippen LogP contribution in [0.2, 0.25) is 0 Å². The monoisotopic (exact) mass is 316 g/mol. The normalized spacial score (nSPS) is 12.0. The Morgan fingerprint density at radius 3 is 2.48 bits per heavy atom. The van der Waals surface area contributed by atoms with Crippen molar-refractivity contribution in [1.82, 2.24) is 4.72 Å². The number of ether oxygens (including phenoxy) is 1. The first-order valence-corrected chi connectivity index (χ1v) is 7.70. The van der Waals surface area contributed by atoms with Crippen molar-refractivity contribution in [3.05, 3.63) is 18.2 Å². The summed E-state index contributed by atoms with van der Waals surface area (Å²) in [4.78, 5) is 11.1. The second-order valence-electron chi connectivity index (χ2n) is 5.19. The van der Waals surface area contributed by atoms with Crippen molar-refractivity contribution in [3.8, 4) is 5.75 Å². The molecule has 0 heterocycles. The number of rotatable bonds is 6. The van der Waals surface area contributed by atoms with Gasteiger partial charge in [0.1, 0.15) is 5.75 Å². The Labute approximate surface area is 124 Å². The Kier molecular flexibility index (Phi) is 5.32. The summed E-state index contributed by atoms with van der Waals surface area (Å²) >= 11 is 0. The number of anilines is 1. The van der Waals surface area contributed by atoms with Gasteiger partial charge in [0.25, 0.3) is 0 Å². The second-order valence-corrected chi connectivity index (χ2v) is 6.87. The molecule has 1 aromatic carbocycles. The van der Waals surface area contributed by atoms with Gasteiger partial charge in [0.2, 0.25) is 15.9 Å². The molecule has 21 heavy (non-hydrogen) atoms. The Balaban J connectivity index is 3.22. The van der Waals surface area contributed by atoms with E-state index in [-0.39, 0.29) is 23.1 Å². The fourth-order valence-corrected chi connectivity index (χ4v) is 3.03. The molecule has 0 aliphatic rings. The van der Waals surface area contributed by atoms with E-state index >= 15 is 0 Å². The van der Waals surface area contributed by atoms with Crippen molar-refractivity contribution in [2.75, 3.05) is 19.0 Å². The predicted octanol–water partition coefficient (Wildman–Crippen LogP) is 0.703. The van der Waals surface area contributed by atoms with Crippen LogP contribution in [0.3, 0.4) is 0 Å². The van der Waals surface area contributed by atoms with Crippen molar-refractivity contribution in [3.63, 3.8) is 0 Å². The number of carbonyl (C=O) groups is 1. The summed E-state index contributed by atoms with van der Waals surface area (Å²) in [6.07, 6.45) is 0. The Morgan fingerprint density at radius 2 is 2.00 bits per heavy atom. The summed E-state index contributed by atoms with van der Waals surface area (Å²) in [5.41, 5.74) is -0.734. The molecule has 0 saturated carbocycles. The number of aliphatic hydroxyl groups is 1. The van der Waals surface area contributed by atoms with Crippen molar-refractivity contribution in [1.29, 1.82) is 0 Å². The van der Waals surface area contributed by atoms with Crippen molar-refractivity contribution < 1.29 is 23.1 Å². The number of methoxy groups -OCH3 is 1. The largest absolute Gasteiger partial charge is 0.495 e. The van der Waals surface area contributed by atoms with E-state index < -0.39 is 15.6 Å². The standard InChI is InChI=1S/C13H20N2O5S/c1-9(17)14-11-7-10(5-6-12(11)20-4)21(18,19)15-13(2,3)8-16/h5-7,15-16H,8H2,1-4H3,(H,14,17). The molecule has 7 nitrogen and oxygen atoms in total. The molecule has 0 aromatic heterocycles. The van der Waals surface area contributed by atoms with Crippen LogP contribution in [-0.2, 0) is 14.8 Å². The topological polar surface area (TPSA) is 105 Å². The first-order valence-electron chi connectivity index (χ1n) is 6.22. The molecule has 8 heteroatoms. The Hall–Kier alpha value is -1.64. The minimum absolute atomic E-state index is 0.0337. The maximum absolute atomic E-state index is 12.3. The summed E-state index contributed by atoms with van der Waals surface area (Å²) < 4.78 is 32.0. The first kappa shape index (κ1) is 17.4. The number of sulfonamides is 1. The summed E-state index contributed by atoms with van der Waals surface area (Å²) in [5.74, 6) is 0.0112. The zero-order valence-corrected chi connectivity index (χ0v) is 13.2. The van der Waals surface area contributed by atoms with Crippen LogP contribution in [0.15, 0.2) is 23.1 Å². The van der Waals surface area contributed by atoms with E-state index in [1.54, 1.807) is 13.8 Å². The smallest absolute Gasteiger partial charge is 0.241 e. The van der Waals surface area contributed by atoms with Gasteiger partial charge in [0.15, 0.2) is 0 Å². The lowest BCUT2D eigenvalue weighted by Gasteiger charge is -2.23. The van der Waals surface area contributed by atoms with Gasteiger partial charge >= 0.3 is 0 Å². The molecule has 0 radical (unpaired) electrons. The fraction of sp³-hybridized carbons (Fsp3) is 0.462. The minimum Gasteiger partial charge on any atom is -0.495 e. The number of hydrogen-bond acceptors (Lipinski definition) is 5. The molecule has 0 unspecified atom stereocenters. The quantitative estimate of drug-likeness (QED) is 0.716. The third-order valence-corrected chi connectivity index (χ3v) is 4.29. The highest BCUT2D eigenvalue weighted by Crippen LogP contribution is 2.27. The van der Waals surface area contributed by atoms with E-state index in [2.05, 4.69) is 10.0 Å². The average Bonchev–Trinajstić information content (AvgIpc) is 2.36. The van der Waals surface area contributed by atoms with Gasteiger partial charge in [-0.15, -0.1) is 0 Å². The third-order valence-electron chi connectivity index (χ3n) is 2.60. The highest BCUT2D eigenvalue weighted by Gasteiger charge is 2.26. The molecule has 0 aliphatic carbocycles. The maximum Gasteiger partial charge on any atom is 0.241 e. The van der Waals surface area contributed by atoms with Gasteiger partial charge < -0.3 is 15.2 Å². The van der Waals surface area contributed by atoms with E-state index in [1.807, 2.05) is 0 Å². The fourth-order valence-electron chi connectivity index (χ4n) is 1.60. The number of amides is 1. The van der Waals surface area contributed by atoms with Gasteiger partial charge in [-0.25, -0.2) is 13.1 Å². The second kappa shape index (κ2) is 6.42. The van der Waals surface area contributed by atoms with Crippen molar-refractivity contribution >= 4 is 21.6 Å². The number of nitrogens with one attached hydrogen (secondary N) is 2. The lowest BCUT2D eigenvalue weighted by molar-refractivity contribution is -0.114. The molecule has 0 saturated heterocycles. The van der Waals surface area contributed by atoms with Crippen LogP contribution >= 0.6 is 0 Å². The maximum atomic E-state index is 12.3. The molecular formula is C13H20N2O5S. The molecule has 0 atom stereocenters. The van der Waals surface area contributed by atoms with E-state index in [9.17, 15) is 13.2 Å². The van der Waals surface area contributed by atoms with Crippen LogP contribution < -0.4 is 14.8 Å². The van der Waals surface area contributed by atoms with Gasteiger partial charge in [0.05, 0.1) is 29.8 Å². The average molecular weight is 316 g/mol. The van der Waals surface area contributed by atoms with Gasteiger partial charge in [-0.05, 0) is 32.0 Å². The molecule has 0 aliphatic heterocycles. The van der Waals surface area contributed by atoms with Crippen LogP contribution in [0.5, 0.6) is 5.75 Å². The van der Waals surface area contributed by atoms with Crippen LogP contribution in [0.4, 0.5) is 5.69 Å². The molecule has 0 fully saturated rings. The van der Waals surface area contributed by atoms with Crippen molar-refractivity contribution in [2.24, 2.45) is 0 Å². The zero-order valence-electron chi connectivity index (χ0n) is 12.4. The summed E-state index contributed by atoms with van der Waals surface area (Å²) in [7, 11) is -2.41. The van der Waals surface area contributed by atoms with Gasteiger partial charge in [0, 0.05) is 6.92 Å². The molecule has 0 bridgehead atoms. The molecule has 1 amide bonds. The van der Waals surface area contributed by atoms with Crippen LogP contribution in [0.1, 0.15) is 20.8 Å². The van der Waals surface area contributed by atoms with Gasteiger partial charge in [-0.3, -0.25) is 4.79 Å². The SMILES string of the molecule is COc1ccc(S(=O)(=O)NC(C)(C)CO)cc1NC(C)=O. The number of aliphatic hydroxyl groups excluding tert-OH is 1. The predicted molar refractivity (Wildman–Crippen MR) is 78.8 cm³/mol. The highest BCUT2D eigenvalue weighted by molar-refractivity contribution is 7.89. The molecule has 118 valence electrons. The number of hydrogen-bond donors (Lipinski definition) is 3. The number of carbonyl (C=O) groups excluding carboxylic acids is 1. The molecule has 1 aromatic rings. The van der Waals surface area contributed by atoms with E-state index in [0.29, 0.717) is 5.75 Å². The first-order chi connectivity index (χ1) is 9.61. The Bertz CT molecular complexity index is 625. The third kappa shape index (κ3) is 4.69. The molecule has 0 spiro atoms. The highest BCUT2D eigenvalue weighted by atomic mass is 32.2. The zero-order chi connectivity index (χ0) is 16.3. The van der Waals surface area contributed by atoms with Crippen LogP contribution in [0, 0.1) is 0 Å². The van der Waals surface area contributed by atoms with Crippen LogP contribution in [-0.4, -0.2) is 38.7 Å². The summed E-state index contributed by atoms with van der Waals surface area (Å²) in [6.45, 7) is 4.08. The molecular weight excluding hydrogens is 296 g/mol. The van der Waals surface area contributed by atoms with E-state index in [1.165, 1.54) is 32.2 Å².